The maximum atomic E-state index is 12.7. The molecule has 12 heteroatoms. The molecule has 33 heavy (non-hydrogen) atoms. The van der Waals surface area contributed by atoms with Crippen molar-refractivity contribution in [1.29, 1.82) is 0 Å². The maximum absolute atomic E-state index is 12.7. The molecule has 1 aliphatic heterocycles. The van der Waals surface area contributed by atoms with E-state index in [1.54, 1.807) is 36.4 Å². The Balaban J connectivity index is 1.35. The first kappa shape index (κ1) is 20.5. The molecule has 1 unspecified atom stereocenters. The van der Waals surface area contributed by atoms with E-state index in [-0.39, 0.29) is 28.4 Å². The van der Waals surface area contributed by atoms with Gasteiger partial charge < -0.3 is 25.0 Å². The van der Waals surface area contributed by atoms with Crippen molar-refractivity contribution in [3.05, 3.63) is 59.8 Å². The Morgan fingerprint density at radius 3 is 2.76 bits per heavy atom. The fourth-order valence-corrected chi connectivity index (χ4v) is 4.05. The first-order chi connectivity index (χ1) is 16.0. The Morgan fingerprint density at radius 1 is 1.06 bits per heavy atom. The number of para-hydroxylation sites is 1. The van der Waals surface area contributed by atoms with Gasteiger partial charge in [-0.1, -0.05) is 35.6 Å². The molecule has 0 aliphatic carbocycles. The van der Waals surface area contributed by atoms with Crippen LogP contribution in [-0.2, 0) is 4.79 Å². The molecule has 166 valence electrons. The lowest BCUT2D eigenvalue weighted by atomic mass is 10.1. The third-order valence-electron chi connectivity index (χ3n) is 4.89. The van der Waals surface area contributed by atoms with Crippen LogP contribution in [0.4, 0.5) is 10.3 Å². The van der Waals surface area contributed by atoms with Crippen LogP contribution in [-0.4, -0.2) is 44.1 Å². The van der Waals surface area contributed by atoms with Crippen molar-refractivity contribution >= 4 is 44.4 Å². The number of aromatic nitrogens is 3. The average molecular weight is 465 g/mol. The summed E-state index contributed by atoms with van der Waals surface area (Å²) in [7, 11) is 0. The highest BCUT2D eigenvalue weighted by Gasteiger charge is 2.29. The summed E-state index contributed by atoms with van der Waals surface area (Å²) in [6.45, 7) is 0.00477. The lowest BCUT2D eigenvalue weighted by molar-refractivity contribution is -0.138. The third-order valence-corrected chi connectivity index (χ3v) is 5.66. The summed E-state index contributed by atoms with van der Waals surface area (Å²) in [4.78, 5) is 28.7. The molecule has 11 nitrogen and oxygen atoms in total. The number of benzene rings is 2. The maximum Gasteiger partial charge on any atom is 0.331 e. The molecule has 4 aromatic rings. The number of carbonyl (C=O) groups is 2. The number of fused-ring (bicyclic) bond motifs is 2. The predicted molar refractivity (Wildman–Crippen MR) is 118 cm³/mol. The van der Waals surface area contributed by atoms with E-state index in [0.29, 0.717) is 28.0 Å². The highest BCUT2D eigenvalue weighted by molar-refractivity contribution is 7.19. The number of amides is 1. The zero-order chi connectivity index (χ0) is 22.9. The minimum absolute atomic E-state index is 0.00477. The van der Waals surface area contributed by atoms with Crippen molar-refractivity contribution in [3.63, 3.8) is 0 Å². The second-order valence-electron chi connectivity index (χ2n) is 6.90. The number of anilines is 2. The number of carboxylic acids is 1. The van der Waals surface area contributed by atoms with E-state index < -0.39 is 17.9 Å². The Hall–Kier alpha value is -4.45. The Kier molecular flexibility index (Phi) is 5.11. The van der Waals surface area contributed by atoms with E-state index in [2.05, 4.69) is 25.8 Å². The standard InChI is InChI=1S/C21H15N5O6S/c27-16-12(7-6-10-3-2-8-22-14(10)16)18(28)24-21-26-25-20(33-21)23-15(19(29)30)11-4-1-5-13-17(11)32-9-31-13/h1-8,15,27H,9H2,(H,23,25)(H,29,30)(H,24,26,28). The summed E-state index contributed by atoms with van der Waals surface area (Å²) in [5.41, 5.74) is 0.689. The van der Waals surface area contributed by atoms with Crippen LogP contribution in [0.2, 0.25) is 0 Å². The molecular formula is C21H15N5O6S. The molecule has 4 N–H and O–H groups in total. The van der Waals surface area contributed by atoms with Gasteiger partial charge in [0, 0.05) is 17.1 Å². The number of phenolic OH excluding ortho intramolecular Hbond substituents is 1. The molecule has 3 heterocycles. The number of nitrogens with zero attached hydrogens (tertiary/aromatic N) is 3. The molecule has 1 aliphatic rings. The van der Waals surface area contributed by atoms with Crippen molar-refractivity contribution in [3.8, 4) is 17.2 Å². The Morgan fingerprint density at radius 2 is 1.91 bits per heavy atom. The summed E-state index contributed by atoms with van der Waals surface area (Å²) >= 11 is 0.941. The minimum Gasteiger partial charge on any atom is -0.505 e. The van der Waals surface area contributed by atoms with Crippen molar-refractivity contribution in [1.82, 2.24) is 15.2 Å². The SMILES string of the molecule is O=C(Nc1nnc(NC(C(=O)O)c2cccc3c2OCO3)s1)c1ccc2cccnc2c1O. The van der Waals surface area contributed by atoms with Gasteiger partial charge in [-0.15, -0.1) is 10.2 Å². The zero-order valence-corrected chi connectivity index (χ0v) is 17.5. The number of hydrogen-bond acceptors (Lipinski definition) is 10. The monoisotopic (exact) mass is 465 g/mol. The molecule has 0 saturated heterocycles. The summed E-state index contributed by atoms with van der Waals surface area (Å²) < 4.78 is 10.7. The van der Waals surface area contributed by atoms with Gasteiger partial charge in [-0.3, -0.25) is 15.1 Å². The van der Waals surface area contributed by atoms with Crippen molar-refractivity contribution in [2.75, 3.05) is 17.4 Å². The topological polar surface area (TPSA) is 156 Å². The van der Waals surface area contributed by atoms with Crippen LogP contribution < -0.4 is 20.1 Å². The summed E-state index contributed by atoms with van der Waals surface area (Å²) in [6.07, 6.45) is 1.52. The number of carboxylic acid groups (broad SMARTS) is 1. The molecule has 1 amide bonds. The lowest BCUT2D eigenvalue weighted by Crippen LogP contribution is -2.20. The smallest absolute Gasteiger partial charge is 0.331 e. The van der Waals surface area contributed by atoms with Crippen LogP contribution in [0, 0.1) is 0 Å². The molecule has 0 radical (unpaired) electrons. The largest absolute Gasteiger partial charge is 0.505 e. The molecule has 2 aromatic heterocycles. The van der Waals surface area contributed by atoms with Crippen LogP contribution in [0.3, 0.4) is 0 Å². The average Bonchev–Trinajstić information content (AvgIpc) is 3.47. The lowest BCUT2D eigenvalue weighted by Gasteiger charge is -2.15. The molecule has 0 spiro atoms. The van der Waals surface area contributed by atoms with Gasteiger partial charge in [0.25, 0.3) is 5.91 Å². The number of nitrogens with one attached hydrogen (secondary N) is 2. The molecule has 2 aromatic carbocycles. The fourth-order valence-electron chi connectivity index (χ4n) is 3.39. The summed E-state index contributed by atoms with van der Waals surface area (Å²) in [5, 5.41) is 34.3. The number of aromatic hydroxyl groups is 1. The number of ether oxygens (including phenoxy) is 2. The van der Waals surface area contributed by atoms with E-state index in [4.69, 9.17) is 9.47 Å². The van der Waals surface area contributed by atoms with E-state index in [0.717, 1.165) is 11.3 Å². The van der Waals surface area contributed by atoms with Gasteiger partial charge in [-0.2, -0.15) is 0 Å². The highest BCUT2D eigenvalue weighted by atomic mass is 32.1. The molecule has 0 fully saturated rings. The van der Waals surface area contributed by atoms with Gasteiger partial charge in [0.1, 0.15) is 5.52 Å². The molecular weight excluding hydrogens is 450 g/mol. The normalized spacial score (nSPS) is 13.0. The predicted octanol–water partition coefficient (Wildman–Crippen LogP) is 3.01. The van der Waals surface area contributed by atoms with Gasteiger partial charge in [0.05, 0.1) is 5.56 Å². The summed E-state index contributed by atoms with van der Waals surface area (Å²) in [5.74, 6) is -1.22. The van der Waals surface area contributed by atoms with Crippen molar-refractivity contribution < 1.29 is 29.3 Å². The Labute approximate surface area is 189 Å². The van der Waals surface area contributed by atoms with Gasteiger partial charge in [-0.05, 0) is 18.2 Å². The number of phenols is 1. The number of aliphatic carboxylic acids is 1. The van der Waals surface area contributed by atoms with Crippen LogP contribution in [0.25, 0.3) is 10.9 Å². The second-order valence-corrected chi connectivity index (χ2v) is 7.88. The van der Waals surface area contributed by atoms with Crippen molar-refractivity contribution in [2.45, 2.75) is 6.04 Å². The number of carbonyl (C=O) groups excluding carboxylic acids is 1. The minimum atomic E-state index is -1.19. The first-order valence-electron chi connectivity index (χ1n) is 9.60. The van der Waals surface area contributed by atoms with E-state index >= 15 is 0 Å². The molecule has 5 rings (SSSR count). The van der Waals surface area contributed by atoms with Crippen LogP contribution in [0.15, 0.2) is 48.7 Å². The number of hydrogen-bond donors (Lipinski definition) is 4. The van der Waals surface area contributed by atoms with Gasteiger partial charge in [0.15, 0.2) is 23.3 Å². The van der Waals surface area contributed by atoms with E-state index in [1.165, 1.54) is 12.3 Å². The number of pyridine rings is 1. The van der Waals surface area contributed by atoms with Gasteiger partial charge in [0.2, 0.25) is 17.1 Å². The third kappa shape index (κ3) is 3.83. The summed E-state index contributed by atoms with van der Waals surface area (Å²) in [6, 6.07) is 10.4. The van der Waals surface area contributed by atoms with Crippen molar-refractivity contribution in [2.24, 2.45) is 0 Å². The zero-order valence-electron chi connectivity index (χ0n) is 16.7. The highest BCUT2D eigenvalue weighted by Crippen LogP contribution is 2.40. The Bertz CT molecular complexity index is 1390. The second kappa shape index (κ2) is 8.24. The number of rotatable bonds is 6. The van der Waals surface area contributed by atoms with Crippen LogP contribution >= 0.6 is 11.3 Å². The van der Waals surface area contributed by atoms with E-state index in [1.807, 2.05) is 0 Å². The fraction of sp³-hybridized carbons (Fsp3) is 0.0952. The quantitative estimate of drug-likeness (QED) is 0.334. The first-order valence-corrected chi connectivity index (χ1v) is 10.4. The molecule has 0 saturated carbocycles. The van der Waals surface area contributed by atoms with Crippen LogP contribution in [0.5, 0.6) is 17.2 Å². The molecule has 0 bridgehead atoms. The van der Waals surface area contributed by atoms with Gasteiger partial charge >= 0.3 is 5.97 Å². The van der Waals surface area contributed by atoms with Crippen LogP contribution in [0.1, 0.15) is 22.0 Å². The molecule has 1 atom stereocenters. The van der Waals surface area contributed by atoms with E-state index in [9.17, 15) is 19.8 Å². The van der Waals surface area contributed by atoms with Gasteiger partial charge in [-0.25, -0.2) is 4.79 Å².